The molecule has 0 bridgehead atoms. The summed E-state index contributed by atoms with van der Waals surface area (Å²) in [5, 5.41) is 3.51. The summed E-state index contributed by atoms with van der Waals surface area (Å²) in [4.78, 5) is 16.2. The van der Waals surface area contributed by atoms with Gasteiger partial charge in [0.05, 0.1) is 11.6 Å². The molecular weight excluding hydrogens is 328 g/mol. The molecule has 5 heteroatoms. The first-order valence-corrected chi connectivity index (χ1v) is 6.91. The van der Waals surface area contributed by atoms with Crippen LogP contribution in [0.3, 0.4) is 0 Å². The van der Waals surface area contributed by atoms with E-state index in [0.717, 1.165) is 5.56 Å². The molecule has 19 heavy (non-hydrogen) atoms. The van der Waals surface area contributed by atoms with Crippen molar-refractivity contribution >= 4 is 33.4 Å². The van der Waals surface area contributed by atoms with Crippen LogP contribution in [0.1, 0.15) is 28.9 Å². The molecule has 1 aromatic heterocycles. The Morgan fingerprint density at radius 1 is 1.42 bits per heavy atom. The Morgan fingerprint density at radius 3 is 2.84 bits per heavy atom. The first-order valence-electron chi connectivity index (χ1n) is 5.74. The molecule has 3 nitrogen and oxygen atoms in total. The smallest absolute Gasteiger partial charge is 0.252 e. The maximum atomic E-state index is 12.2. The molecule has 0 fully saturated rings. The quantitative estimate of drug-likeness (QED) is 0.918. The fourth-order valence-corrected chi connectivity index (χ4v) is 2.53. The van der Waals surface area contributed by atoms with Gasteiger partial charge in [0.1, 0.15) is 0 Å². The molecular formula is C14H12BrClN2O. The second-order valence-corrected chi connectivity index (χ2v) is 5.40. The summed E-state index contributed by atoms with van der Waals surface area (Å²) in [6, 6.07) is 8.74. The van der Waals surface area contributed by atoms with Crippen molar-refractivity contribution in [1.29, 1.82) is 0 Å². The Balaban J connectivity index is 2.13. The van der Waals surface area contributed by atoms with E-state index in [4.69, 9.17) is 11.6 Å². The lowest BCUT2D eigenvalue weighted by molar-refractivity contribution is 0.0939. The zero-order valence-electron chi connectivity index (χ0n) is 10.2. The molecule has 0 saturated carbocycles. The Kier molecular flexibility index (Phi) is 4.56. The number of nitrogens with one attached hydrogen (secondary N) is 1. The van der Waals surface area contributed by atoms with E-state index in [1.165, 1.54) is 0 Å². The minimum Gasteiger partial charge on any atom is -0.345 e. The highest BCUT2D eigenvalue weighted by atomic mass is 79.9. The van der Waals surface area contributed by atoms with Gasteiger partial charge in [0.25, 0.3) is 5.91 Å². The molecule has 0 aliphatic rings. The summed E-state index contributed by atoms with van der Waals surface area (Å²) in [6.07, 6.45) is 3.44. The molecule has 1 atom stereocenters. The normalized spacial score (nSPS) is 11.9. The molecule has 0 spiro atoms. The summed E-state index contributed by atoms with van der Waals surface area (Å²) in [6.45, 7) is 1.92. The Bertz CT molecular complexity index is 589. The van der Waals surface area contributed by atoms with Crippen LogP contribution in [-0.4, -0.2) is 10.9 Å². The van der Waals surface area contributed by atoms with E-state index in [1.54, 1.807) is 30.6 Å². The molecule has 0 saturated heterocycles. The number of carbonyl (C=O) groups is 1. The summed E-state index contributed by atoms with van der Waals surface area (Å²) in [5.41, 5.74) is 1.51. The van der Waals surface area contributed by atoms with E-state index in [2.05, 4.69) is 26.2 Å². The number of nitrogens with zero attached hydrogens (tertiary/aromatic N) is 1. The molecule has 0 aliphatic heterocycles. The standard InChI is InChI=1S/C14H12BrClN2O/c1-9(10-3-2-6-17-8-10)18-14(19)12-5-4-11(16)7-13(12)15/h2-9H,1H3,(H,18,19). The average molecular weight is 340 g/mol. The highest BCUT2D eigenvalue weighted by molar-refractivity contribution is 9.10. The zero-order chi connectivity index (χ0) is 13.8. The van der Waals surface area contributed by atoms with Gasteiger partial charge in [0.15, 0.2) is 0 Å². The first-order chi connectivity index (χ1) is 9.08. The highest BCUT2D eigenvalue weighted by Gasteiger charge is 2.14. The number of benzene rings is 1. The van der Waals surface area contributed by atoms with Crippen LogP contribution >= 0.6 is 27.5 Å². The number of pyridine rings is 1. The van der Waals surface area contributed by atoms with Gasteiger partial charge >= 0.3 is 0 Å². The molecule has 98 valence electrons. The SMILES string of the molecule is CC(NC(=O)c1ccc(Cl)cc1Br)c1cccnc1. The van der Waals surface area contributed by atoms with Gasteiger partial charge in [-0.1, -0.05) is 17.7 Å². The van der Waals surface area contributed by atoms with Crippen LogP contribution in [0.2, 0.25) is 5.02 Å². The molecule has 1 N–H and O–H groups in total. The van der Waals surface area contributed by atoms with Crippen LogP contribution in [0, 0.1) is 0 Å². The van der Waals surface area contributed by atoms with E-state index in [1.807, 2.05) is 19.1 Å². The molecule has 1 heterocycles. The van der Waals surface area contributed by atoms with Gasteiger partial charge < -0.3 is 5.32 Å². The van der Waals surface area contributed by atoms with Crippen LogP contribution in [0.25, 0.3) is 0 Å². The molecule has 0 radical (unpaired) electrons. The number of hydrogen-bond donors (Lipinski definition) is 1. The molecule has 1 unspecified atom stereocenters. The third-order valence-electron chi connectivity index (χ3n) is 2.71. The Morgan fingerprint density at radius 2 is 2.21 bits per heavy atom. The number of halogens is 2. The Hall–Kier alpha value is -1.39. The van der Waals surface area contributed by atoms with Gasteiger partial charge in [-0.2, -0.15) is 0 Å². The summed E-state index contributed by atoms with van der Waals surface area (Å²) < 4.78 is 0.677. The lowest BCUT2D eigenvalue weighted by Gasteiger charge is -2.14. The maximum absolute atomic E-state index is 12.2. The number of hydrogen-bond acceptors (Lipinski definition) is 2. The van der Waals surface area contributed by atoms with Crippen molar-refractivity contribution in [3.8, 4) is 0 Å². The number of aromatic nitrogens is 1. The van der Waals surface area contributed by atoms with Crippen LogP contribution in [0.5, 0.6) is 0 Å². The Labute approximate surface area is 125 Å². The first kappa shape index (κ1) is 14.0. The maximum Gasteiger partial charge on any atom is 0.252 e. The second-order valence-electron chi connectivity index (χ2n) is 4.11. The lowest BCUT2D eigenvalue weighted by atomic mass is 10.1. The van der Waals surface area contributed by atoms with Crippen molar-refractivity contribution in [1.82, 2.24) is 10.3 Å². The van der Waals surface area contributed by atoms with Crippen molar-refractivity contribution < 1.29 is 4.79 Å². The van der Waals surface area contributed by atoms with Crippen molar-refractivity contribution in [3.63, 3.8) is 0 Å². The van der Waals surface area contributed by atoms with Crippen molar-refractivity contribution in [3.05, 3.63) is 63.3 Å². The van der Waals surface area contributed by atoms with E-state index in [9.17, 15) is 4.79 Å². The van der Waals surface area contributed by atoms with E-state index < -0.39 is 0 Å². The minimum absolute atomic E-state index is 0.108. The predicted molar refractivity (Wildman–Crippen MR) is 79.3 cm³/mol. The predicted octanol–water partition coefficient (Wildman–Crippen LogP) is 3.99. The van der Waals surface area contributed by atoms with Gasteiger partial charge in [0.2, 0.25) is 0 Å². The van der Waals surface area contributed by atoms with E-state index in [0.29, 0.717) is 15.1 Å². The van der Waals surface area contributed by atoms with Crippen LogP contribution in [0.4, 0.5) is 0 Å². The number of carbonyl (C=O) groups excluding carboxylic acids is 1. The molecule has 2 rings (SSSR count). The molecule has 1 aromatic carbocycles. The third kappa shape index (κ3) is 3.55. The monoisotopic (exact) mass is 338 g/mol. The molecule has 2 aromatic rings. The summed E-state index contributed by atoms with van der Waals surface area (Å²) in [7, 11) is 0. The average Bonchev–Trinajstić information content (AvgIpc) is 2.39. The molecule has 0 aliphatic carbocycles. The number of rotatable bonds is 3. The van der Waals surface area contributed by atoms with Crippen molar-refractivity contribution in [2.45, 2.75) is 13.0 Å². The van der Waals surface area contributed by atoms with Crippen LogP contribution < -0.4 is 5.32 Å². The molecule has 1 amide bonds. The van der Waals surface area contributed by atoms with Gasteiger partial charge in [-0.15, -0.1) is 0 Å². The fraction of sp³-hybridized carbons (Fsp3) is 0.143. The van der Waals surface area contributed by atoms with E-state index >= 15 is 0 Å². The van der Waals surface area contributed by atoms with Gasteiger partial charge in [-0.25, -0.2) is 0 Å². The van der Waals surface area contributed by atoms with Crippen molar-refractivity contribution in [2.75, 3.05) is 0 Å². The van der Waals surface area contributed by atoms with Gasteiger partial charge in [-0.05, 0) is 52.7 Å². The fourth-order valence-electron chi connectivity index (χ4n) is 1.66. The third-order valence-corrected chi connectivity index (χ3v) is 3.60. The zero-order valence-corrected chi connectivity index (χ0v) is 12.6. The highest BCUT2D eigenvalue weighted by Crippen LogP contribution is 2.22. The van der Waals surface area contributed by atoms with Crippen LogP contribution in [0.15, 0.2) is 47.2 Å². The van der Waals surface area contributed by atoms with Crippen molar-refractivity contribution in [2.24, 2.45) is 0 Å². The largest absolute Gasteiger partial charge is 0.345 e. The van der Waals surface area contributed by atoms with Gasteiger partial charge in [0, 0.05) is 21.9 Å². The van der Waals surface area contributed by atoms with E-state index in [-0.39, 0.29) is 11.9 Å². The summed E-state index contributed by atoms with van der Waals surface area (Å²) in [5.74, 6) is -0.153. The van der Waals surface area contributed by atoms with Crippen LogP contribution in [-0.2, 0) is 0 Å². The summed E-state index contributed by atoms with van der Waals surface area (Å²) >= 11 is 9.19. The number of amides is 1. The lowest BCUT2D eigenvalue weighted by Crippen LogP contribution is -2.27. The topological polar surface area (TPSA) is 42.0 Å². The second kappa shape index (κ2) is 6.17. The minimum atomic E-state index is -0.153. The van der Waals surface area contributed by atoms with Gasteiger partial charge in [-0.3, -0.25) is 9.78 Å².